The Kier molecular flexibility index (Phi) is 8.86. The number of nitrogens with two attached hydrogens (primary N) is 1. The summed E-state index contributed by atoms with van der Waals surface area (Å²) < 4.78 is 30.5. The molecule has 4 aromatic rings. The molecule has 1 unspecified atom stereocenters. The van der Waals surface area contributed by atoms with Gasteiger partial charge in [0.15, 0.2) is 11.3 Å². The fraction of sp³-hybridized carbons (Fsp3) is 0.179. The highest BCUT2D eigenvalue weighted by Crippen LogP contribution is 2.43. The normalized spacial score (nSPS) is 11.4. The van der Waals surface area contributed by atoms with Crippen molar-refractivity contribution >= 4 is 51.8 Å². The van der Waals surface area contributed by atoms with Gasteiger partial charge in [0, 0.05) is 29.6 Å². The van der Waals surface area contributed by atoms with E-state index in [4.69, 9.17) is 31.2 Å². The molecule has 0 spiro atoms. The number of nitrogens with zero attached hydrogens (tertiary/aromatic N) is 2. The average Bonchev–Trinajstić information content (AvgIpc) is 3.28. The van der Waals surface area contributed by atoms with Gasteiger partial charge >= 0.3 is 6.09 Å². The number of hydrogen-bond acceptors (Lipinski definition) is 8. The van der Waals surface area contributed by atoms with Crippen molar-refractivity contribution in [2.45, 2.75) is 20.3 Å². The molecule has 2 aromatic heterocycles. The fourth-order valence-corrected chi connectivity index (χ4v) is 3.93. The largest absolute Gasteiger partial charge is 0.450 e. The van der Waals surface area contributed by atoms with E-state index in [9.17, 15) is 19.1 Å². The van der Waals surface area contributed by atoms with E-state index in [1.165, 1.54) is 23.2 Å². The van der Waals surface area contributed by atoms with Crippen LogP contribution in [0.4, 0.5) is 26.4 Å². The number of nitrogens with one attached hydrogen (secondary N) is 1. The maximum atomic E-state index is 14.0. The number of rotatable bonds is 8. The van der Waals surface area contributed by atoms with Crippen LogP contribution in [-0.2, 0) is 9.47 Å². The van der Waals surface area contributed by atoms with Gasteiger partial charge in [0.25, 0.3) is 0 Å². The molecule has 0 fully saturated rings. The van der Waals surface area contributed by atoms with Crippen LogP contribution in [0.3, 0.4) is 0 Å². The highest BCUT2D eigenvalue weighted by Gasteiger charge is 2.30. The third-order valence-electron chi connectivity index (χ3n) is 5.52. The number of aromatic nitrogens is 1. The molecule has 2 amide bonds. The molecule has 12 heteroatoms. The Balaban J connectivity index is 1.90. The van der Waals surface area contributed by atoms with Crippen LogP contribution in [0.25, 0.3) is 11.0 Å². The zero-order valence-corrected chi connectivity index (χ0v) is 22.2. The Labute approximate surface area is 233 Å². The number of ether oxygens (including phenoxy) is 2. The van der Waals surface area contributed by atoms with Crippen molar-refractivity contribution in [2.75, 3.05) is 23.4 Å². The van der Waals surface area contributed by atoms with Crippen molar-refractivity contribution in [1.29, 1.82) is 0 Å². The number of benzene rings is 2. The van der Waals surface area contributed by atoms with E-state index in [2.05, 4.69) is 22.1 Å². The lowest BCUT2D eigenvalue weighted by Crippen LogP contribution is -2.34. The minimum absolute atomic E-state index is 0.0904. The van der Waals surface area contributed by atoms with Gasteiger partial charge in [-0.3, -0.25) is 15.0 Å². The smallest absolute Gasteiger partial charge is 0.414 e. The quantitative estimate of drug-likeness (QED) is 0.197. The summed E-state index contributed by atoms with van der Waals surface area (Å²) in [5.74, 6) is 4.53. The molecule has 2 aromatic carbocycles. The summed E-state index contributed by atoms with van der Waals surface area (Å²) in [4.78, 5) is 29.3. The molecule has 0 bridgehead atoms. The number of aliphatic hydroxyl groups excluding tert-OH is 1. The van der Waals surface area contributed by atoms with Crippen LogP contribution in [0, 0.1) is 17.7 Å². The lowest BCUT2D eigenvalue weighted by molar-refractivity contribution is -0.0880. The third-order valence-corrected chi connectivity index (χ3v) is 5.81. The van der Waals surface area contributed by atoms with E-state index < -0.39 is 24.2 Å². The Morgan fingerprint density at radius 3 is 2.58 bits per heavy atom. The van der Waals surface area contributed by atoms with Gasteiger partial charge in [-0.1, -0.05) is 17.5 Å². The summed E-state index contributed by atoms with van der Waals surface area (Å²) in [6.07, 6.45) is -0.944. The molecule has 0 saturated carbocycles. The summed E-state index contributed by atoms with van der Waals surface area (Å²) in [6.45, 7) is 3.53. The molecular weight excluding hydrogens is 543 g/mol. The first-order valence-corrected chi connectivity index (χ1v) is 12.4. The van der Waals surface area contributed by atoms with Crippen LogP contribution in [-0.4, -0.2) is 41.7 Å². The van der Waals surface area contributed by atoms with Gasteiger partial charge in [-0.15, -0.1) is 0 Å². The number of aliphatic hydroxyl groups is 1. The monoisotopic (exact) mass is 566 g/mol. The van der Waals surface area contributed by atoms with Crippen molar-refractivity contribution in [3.05, 3.63) is 82.4 Å². The minimum Gasteiger partial charge on any atom is -0.450 e. The van der Waals surface area contributed by atoms with Crippen molar-refractivity contribution in [2.24, 2.45) is 5.73 Å². The average molecular weight is 567 g/mol. The number of carbonyl (C=O) groups excluding carboxylic acids is 2. The number of halogens is 2. The summed E-state index contributed by atoms with van der Waals surface area (Å²) in [5, 5.41) is 13.7. The molecule has 4 N–H and O–H groups in total. The Bertz CT molecular complexity index is 1610. The zero-order chi connectivity index (χ0) is 28.8. The van der Waals surface area contributed by atoms with Gasteiger partial charge in [-0.25, -0.2) is 14.2 Å². The van der Waals surface area contributed by atoms with E-state index in [1.54, 1.807) is 44.2 Å². The molecule has 0 aliphatic rings. The molecule has 0 radical (unpaired) electrons. The van der Waals surface area contributed by atoms with Gasteiger partial charge in [-0.05, 0) is 68.3 Å². The Morgan fingerprint density at radius 2 is 1.93 bits per heavy atom. The van der Waals surface area contributed by atoms with Gasteiger partial charge < -0.3 is 24.7 Å². The standard InChI is InChI=1S/C28H24ClFN4O6/c1-3-38-27(36)33-26-23(34(28(37)39-4-2)18-10-11-21(30)20(29)15-18)19-13-14-32-22(24(19)40-26)12-7-16-5-8-17(9-6-16)25(31)35/h5-6,8-11,13-15,28,37H,3-4H2,1-2H3,(H2,31,35)(H,33,36). The molecule has 40 heavy (non-hydrogen) atoms. The summed E-state index contributed by atoms with van der Waals surface area (Å²) in [7, 11) is 0. The highest BCUT2D eigenvalue weighted by atomic mass is 35.5. The number of anilines is 3. The van der Waals surface area contributed by atoms with Crippen molar-refractivity contribution < 1.29 is 33.0 Å². The van der Waals surface area contributed by atoms with Crippen LogP contribution in [0.2, 0.25) is 5.02 Å². The number of hydrogen-bond donors (Lipinski definition) is 3. The molecule has 0 saturated heterocycles. The van der Waals surface area contributed by atoms with Crippen molar-refractivity contribution in [3.8, 4) is 11.8 Å². The summed E-state index contributed by atoms with van der Waals surface area (Å²) >= 11 is 6.05. The van der Waals surface area contributed by atoms with Crippen LogP contribution in [0.15, 0.2) is 59.1 Å². The molecule has 0 aliphatic carbocycles. The van der Waals surface area contributed by atoms with Gasteiger partial charge in [0.1, 0.15) is 11.5 Å². The van der Waals surface area contributed by atoms with E-state index in [0.29, 0.717) is 16.5 Å². The number of carbonyl (C=O) groups is 2. The predicted octanol–water partition coefficient (Wildman–Crippen LogP) is 5.14. The molecule has 1 atom stereocenters. The third kappa shape index (κ3) is 6.16. The lowest BCUT2D eigenvalue weighted by Gasteiger charge is -2.29. The summed E-state index contributed by atoms with van der Waals surface area (Å²) in [6, 6.07) is 11.8. The number of primary amides is 1. The van der Waals surface area contributed by atoms with E-state index in [-0.39, 0.29) is 46.8 Å². The lowest BCUT2D eigenvalue weighted by atomic mass is 10.1. The SMILES string of the molecule is CCOC(=O)Nc1oc2c(C#Cc3ccc(C(N)=O)cc3)nccc2c1N(c1ccc(F)c(Cl)c1)C(O)OCC. The maximum absolute atomic E-state index is 14.0. The van der Waals surface area contributed by atoms with Gasteiger partial charge in [0.05, 0.1) is 17.0 Å². The first kappa shape index (κ1) is 28.4. The molecule has 4 rings (SSSR count). The second kappa shape index (κ2) is 12.5. The Morgan fingerprint density at radius 1 is 1.18 bits per heavy atom. The number of pyridine rings is 1. The first-order chi connectivity index (χ1) is 19.2. The molecular formula is C28H24ClFN4O6. The Hall–Kier alpha value is -4.63. The molecule has 2 heterocycles. The maximum Gasteiger partial charge on any atom is 0.414 e. The number of amides is 2. The number of furan rings is 1. The van der Waals surface area contributed by atoms with Gasteiger partial charge in [0.2, 0.25) is 18.2 Å². The molecule has 10 nitrogen and oxygen atoms in total. The van der Waals surface area contributed by atoms with Crippen LogP contribution in [0.1, 0.15) is 35.5 Å². The topological polar surface area (TPSA) is 140 Å². The van der Waals surface area contributed by atoms with Crippen molar-refractivity contribution in [1.82, 2.24) is 4.98 Å². The summed E-state index contributed by atoms with van der Waals surface area (Å²) in [5.41, 5.74) is 6.98. The minimum atomic E-state index is -1.60. The molecule has 0 aliphatic heterocycles. The first-order valence-electron chi connectivity index (χ1n) is 12.0. The van der Waals surface area contributed by atoms with E-state index in [1.807, 2.05) is 0 Å². The highest BCUT2D eigenvalue weighted by molar-refractivity contribution is 6.31. The van der Waals surface area contributed by atoms with E-state index >= 15 is 0 Å². The van der Waals surface area contributed by atoms with Crippen LogP contribution >= 0.6 is 11.6 Å². The fourth-order valence-electron chi connectivity index (χ4n) is 3.76. The predicted molar refractivity (Wildman–Crippen MR) is 147 cm³/mol. The second-order valence-electron chi connectivity index (χ2n) is 8.10. The van der Waals surface area contributed by atoms with Crippen molar-refractivity contribution in [3.63, 3.8) is 0 Å². The zero-order valence-electron chi connectivity index (χ0n) is 21.4. The number of fused-ring (bicyclic) bond motifs is 1. The van der Waals surface area contributed by atoms with E-state index in [0.717, 1.165) is 6.07 Å². The van der Waals surface area contributed by atoms with Crippen LogP contribution < -0.4 is 16.0 Å². The van der Waals surface area contributed by atoms with Crippen LogP contribution in [0.5, 0.6) is 0 Å². The second-order valence-corrected chi connectivity index (χ2v) is 8.51. The van der Waals surface area contributed by atoms with Gasteiger partial charge in [-0.2, -0.15) is 0 Å². The molecule has 206 valence electrons.